The van der Waals surface area contributed by atoms with Crippen LogP contribution in [0, 0.1) is 0 Å². The Morgan fingerprint density at radius 1 is 1.04 bits per heavy atom. The summed E-state index contributed by atoms with van der Waals surface area (Å²) in [5.74, 6) is -1.33. The number of sulfonamides is 2. The summed E-state index contributed by atoms with van der Waals surface area (Å²) >= 11 is 0. The quantitative estimate of drug-likeness (QED) is 0.552. The van der Waals surface area contributed by atoms with E-state index in [1.54, 1.807) is 0 Å². The highest BCUT2D eigenvalue weighted by Crippen LogP contribution is 2.23. The van der Waals surface area contributed by atoms with Gasteiger partial charge in [-0.15, -0.1) is 0 Å². The van der Waals surface area contributed by atoms with Crippen molar-refractivity contribution in [1.82, 2.24) is 0 Å². The Morgan fingerprint density at radius 3 is 1.91 bits per heavy atom. The number of rotatable bonds is 6. The molecular formula is C12H16N2O7S2. The SMILES string of the molecule is COC(=O)CC(=O)Nc1ccc(N(S(C)(=O)=O)S(C)(=O)=O)cc1. The first kappa shape index (κ1) is 18.9. The molecule has 0 saturated carbocycles. The molecule has 1 aromatic carbocycles. The summed E-state index contributed by atoms with van der Waals surface area (Å²) in [5.41, 5.74) is 0.172. The minimum atomic E-state index is -4.03. The van der Waals surface area contributed by atoms with Crippen LogP contribution in [0.4, 0.5) is 11.4 Å². The number of esters is 1. The maximum absolute atomic E-state index is 11.6. The zero-order valence-electron chi connectivity index (χ0n) is 12.6. The van der Waals surface area contributed by atoms with E-state index in [1.165, 1.54) is 24.3 Å². The number of hydrogen-bond donors (Lipinski definition) is 1. The lowest BCUT2D eigenvalue weighted by Gasteiger charge is -2.19. The third kappa shape index (κ3) is 5.53. The number of benzene rings is 1. The van der Waals surface area contributed by atoms with Crippen molar-refractivity contribution in [2.24, 2.45) is 0 Å². The Morgan fingerprint density at radius 2 is 1.52 bits per heavy atom. The van der Waals surface area contributed by atoms with Crippen LogP contribution >= 0.6 is 0 Å². The summed E-state index contributed by atoms with van der Waals surface area (Å²) in [4.78, 5) is 22.5. The standard InChI is InChI=1S/C12H16N2O7S2/c1-21-12(16)8-11(15)13-9-4-6-10(7-5-9)14(22(2,17)18)23(3,19)20/h4-7H,8H2,1-3H3,(H,13,15). The molecule has 23 heavy (non-hydrogen) atoms. The van der Waals surface area contributed by atoms with Crippen LogP contribution in [0.1, 0.15) is 6.42 Å². The van der Waals surface area contributed by atoms with Gasteiger partial charge in [0.05, 0.1) is 25.3 Å². The summed E-state index contributed by atoms with van der Waals surface area (Å²) in [6.45, 7) is 0. The molecule has 1 rings (SSSR count). The molecule has 0 aliphatic rings. The number of anilines is 2. The van der Waals surface area contributed by atoms with Crippen molar-refractivity contribution < 1.29 is 31.2 Å². The first-order chi connectivity index (χ1) is 10.4. The van der Waals surface area contributed by atoms with Crippen LogP contribution in [0.3, 0.4) is 0 Å². The average Bonchev–Trinajstić information content (AvgIpc) is 2.37. The van der Waals surface area contributed by atoms with Crippen LogP contribution < -0.4 is 9.03 Å². The highest BCUT2D eigenvalue weighted by molar-refractivity contribution is 8.09. The normalized spacial score (nSPS) is 11.6. The van der Waals surface area contributed by atoms with Gasteiger partial charge in [0.1, 0.15) is 6.42 Å². The first-order valence-corrected chi connectivity index (χ1v) is 9.82. The van der Waals surface area contributed by atoms with E-state index in [0.717, 1.165) is 19.6 Å². The molecule has 11 heteroatoms. The summed E-state index contributed by atoms with van der Waals surface area (Å²) in [6, 6.07) is 5.06. The predicted octanol–water partition coefficient (Wildman–Crippen LogP) is -0.0862. The third-order valence-electron chi connectivity index (χ3n) is 2.50. The summed E-state index contributed by atoms with van der Waals surface area (Å²) in [6.07, 6.45) is 1.05. The number of amides is 1. The molecule has 0 saturated heterocycles. The van der Waals surface area contributed by atoms with Gasteiger partial charge < -0.3 is 10.1 Å². The Balaban J connectivity index is 3.00. The zero-order chi connectivity index (χ0) is 17.8. The molecule has 0 aliphatic heterocycles. The molecule has 1 N–H and O–H groups in total. The number of hydrogen-bond acceptors (Lipinski definition) is 7. The van der Waals surface area contributed by atoms with E-state index in [9.17, 15) is 26.4 Å². The first-order valence-electron chi connectivity index (χ1n) is 6.12. The van der Waals surface area contributed by atoms with Crippen LogP contribution in [0.25, 0.3) is 0 Å². The zero-order valence-corrected chi connectivity index (χ0v) is 14.3. The van der Waals surface area contributed by atoms with Gasteiger partial charge in [-0.05, 0) is 24.3 Å². The molecule has 0 spiro atoms. The van der Waals surface area contributed by atoms with Crippen molar-refractivity contribution >= 4 is 43.3 Å². The Labute approximate surface area is 134 Å². The topological polar surface area (TPSA) is 127 Å². The maximum Gasteiger partial charge on any atom is 0.315 e. The molecule has 0 heterocycles. The highest BCUT2D eigenvalue weighted by Gasteiger charge is 2.27. The molecule has 9 nitrogen and oxygen atoms in total. The van der Waals surface area contributed by atoms with Gasteiger partial charge >= 0.3 is 5.97 Å². The number of nitrogens with one attached hydrogen (secondary N) is 1. The van der Waals surface area contributed by atoms with E-state index in [1.807, 2.05) is 0 Å². The molecule has 0 aliphatic carbocycles. The largest absolute Gasteiger partial charge is 0.469 e. The molecule has 0 aromatic heterocycles. The van der Waals surface area contributed by atoms with Gasteiger partial charge in [0.2, 0.25) is 26.0 Å². The second kappa shape index (κ2) is 6.96. The fourth-order valence-corrected chi connectivity index (χ4v) is 4.68. The van der Waals surface area contributed by atoms with E-state index >= 15 is 0 Å². The van der Waals surface area contributed by atoms with Gasteiger partial charge in [0.15, 0.2) is 0 Å². The third-order valence-corrected chi connectivity index (χ3v) is 5.75. The van der Waals surface area contributed by atoms with Gasteiger partial charge in [-0.25, -0.2) is 16.8 Å². The lowest BCUT2D eigenvalue weighted by Crippen LogP contribution is -2.35. The van der Waals surface area contributed by atoms with Crippen molar-refractivity contribution in [3.63, 3.8) is 0 Å². The van der Waals surface area contributed by atoms with Gasteiger partial charge in [-0.3, -0.25) is 9.59 Å². The predicted molar refractivity (Wildman–Crippen MR) is 83.9 cm³/mol. The fraction of sp³-hybridized carbons (Fsp3) is 0.333. The molecule has 0 atom stereocenters. The van der Waals surface area contributed by atoms with Crippen LogP contribution in [0.5, 0.6) is 0 Å². The minimum Gasteiger partial charge on any atom is -0.469 e. The molecule has 1 amide bonds. The monoisotopic (exact) mass is 364 g/mol. The van der Waals surface area contributed by atoms with Gasteiger partial charge in [0.25, 0.3) is 0 Å². The molecule has 0 unspecified atom stereocenters. The van der Waals surface area contributed by atoms with E-state index in [4.69, 9.17) is 0 Å². The lowest BCUT2D eigenvalue weighted by molar-refractivity contribution is -0.142. The Hall–Kier alpha value is -2.14. The summed E-state index contributed by atoms with van der Waals surface area (Å²) in [7, 11) is -6.92. The second-order valence-corrected chi connectivity index (χ2v) is 8.46. The van der Waals surface area contributed by atoms with E-state index in [-0.39, 0.29) is 15.1 Å². The van der Waals surface area contributed by atoms with Gasteiger partial charge in [-0.2, -0.15) is 3.71 Å². The number of methoxy groups -OCH3 is 1. The molecular weight excluding hydrogens is 348 g/mol. The van der Waals surface area contributed by atoms with Crippen molar-refractivity contribution in [2.45, 2.75) is 6.42 Å². The summed E-state index contributed by atoms with van der Waals surface area (Å²) in [5, 5.41) is 2.39. The Kier molecular flexibility index (Phi) is 5.72. The van der Waals surface area contributed by atoms with E-state index in [2.05, 4.69) is 10.1 Å². The number of nitrogens with zero attached hydrogens (tertiary/aromatic N) is 1. The van der Waals surface area contributed by atoms with Gasteiger partial charge in [0, 0.05) is 5.69 Å². The second-order valence-electron chi connectivity index (χ2n) is 4.57. The lowest BCUT2D eigenvalue weighted by atomic mass is 10.3. The maximum atomic E-state index is 11.6. The average molecular weight is 364 g/mol. The van der Waals surface area contributed by atoms with Crippen LogP contribution in [-0.2, 0) is 34.4 Å². The minimum absolute atomic E-state index is 0.0963. The van der Waals surface area contributed by atoms with Crippen molar-refractivity contribution in [2.75, 3.05) is 28.6 Å². The van der Waals surface area contributed by atoms with Crippen molar-refractivity contribution in [3.8, 4) is 0 Å². The van der Waals surface area contributed by atoms with Gasteiger partial charge in [-0.1, -0.05) is 0 Å². The van der Waals surface area contributed by atoms with Crippen molar-refractivity contribution in [3.05, 3.63) is 24.3 Å². The molecule has 0 fully saturated rings. The van der Waals surface area contributed by atoms with Crippen molar-refractivity contribution in [1.29, 1.82) is 0 Å². The highest BCUT2D eigenvalue weighted by atomic mass is 32.3. The van der Waals surface area contributed by atoms with Crippen LogP contribution in [-0.4, -0.2) is 48.3 Å². The van der Waals surface area contributed by atoms with Crippen LogP contribution in [0.2, 0.25) is 0 Å². The summed E-state index contributed by atoms with van der Waals surface area (Å²) < 4.78 is 51.1. The fourth-order valence-electron chi connectivity index (χ4n) is 1.70. The van der Waals surface area contributed by atoms with E-state index < -0.39 is 38.3 Å². The molecule has 1 aromatic rings. The number of carbonyl (C=O) groups is 2. The number of ether oxygens (including phenoxy) is 1. The molecule has 0 radical (unpaired) electrons. The molecule has 0 bridgehead atoms. The van der Waals surface area contributed by atoms with Crippen LogP contribution in [0.15, 0.2) is 24.3 Å². The number of carbonyl (C=O) groups excluding carboxylic acids is 2. The smallest absolute Gasteiger partial charge is 0.315 e. The Bertz CT molecular complexity index is 766. The molecule has 128 valence electrons. The van der Waals surface area contributed by atoms with E-state index in [0.29, 0.717) is 0 Å².